The standard InChI is InChI=1S/C13H11FO4S2/c1-8-9(6-12(19-8)13(15)16)7-20(17,18)11-4-2-10(14)3-5-11/h2-6H,7H2,1H3,(H,15,16). The van der Waals surface area contributed by atoms with Gasteiger partial charge in [0.15, 0.2) is 9.84 Å². The van der Waals surface area contributed by atoms with Gasteiger partial charge in [-0.15, -0.1) is 11.3 Å². The van der Waals surface area contributed by atoms with Crippen LogP contribution >= 0.6 is 11.3 Å². The van der Waals surface area contributed by atoms with Gasteiger partial charge in [0, 0.05) is 4.88 Å². The topological polar surface area (TPSA) is 71.4 Å². The van der Waals surface area contributed by atoms with Crippen molar-refractivity contribution in [3.05, 3.63) is 51.5 Å². The first-order chi connectivity index (χ1) is 9.29. The van der Waals surface area contributed by atoms with Crippen LogP contribution in [0.5, 0.6) is 0 Å². The maximum Gasteiger partial charge on any atom is 0.345 e. The van der Waals surface area contributed by atoms with Crippen molar-refractivity contribution in [2.24, 2.45) is 0 Å². The summed E-state index contributed by atoms with van der Waals surface area (Å²) in [6, 6.07) is 5.92. The summed E-state index contributed by atoms with van der Waals surface area (Å²) in [7, 11) is -3.62. The van der Waals surface area contributed by atoms with E-state index in [0.29, 0.717) is 10.4 Å². The molecule has 106 valence electrons. The molecular weight excluding hydrogens is 303 g/mol. The largest absolute Gasteiger partial charge is 0.477 e. The zero-order valence-electron chi connectivity index (χ0n) is 10.5. The van der Waals surface area contributed by atoms with Crippen LogP contribution < -0.4 is 0 Å². The lowest BCUT2D eigenvalue weighted by Crippen LogP contribution is -2.05. The van der Waals surface area contributed by atoms with Gasteiger partial charge >= 0.3 is 5.97 Å². The number of aryl methyl sites for hydroxylation is 1. The molecule has 20 heavy (non-hydrogen) atoms. The van der Waals surface area contributed by atoms with Gasteiger partial charge < -0.3 is 5.11 Å². The second kappa shape index (κ2) is 5.34. The third-order valence-electron chi connectivity index (χ3n) is 2.75. The van der Waals surface area contributed by atoms with Crippen LogP contribution in [0.15, 0.2) is 35.2 Å². The van der Waals surface area contributed by atoms with Crippen molar-refractivity contribution in [3.63, 3.8) is 0 Å². The second-order valence-corrected chi connectivity index (χ2v) is 7.46. The number of carboxylic acid groups (broad SMARTS) is 1. The van der Waals surface area contributed by atoms with Crippen LogP contribution in [0.2, 0.25) is 0 Å². The van der Waals surface area contributed by atoms with Crippen LogP contribution in [0.3, 0.4) is 0 Å². The molecule has 1 aromatic carbocycles. The number of sulfone groups is 1. The number of thiophene rings is 1. The van der Waals surface area contributed by atoms with Gasteiger partial charge in [0.1, 0.15) is 10.7 Å². The summed E-state index contributed by atoms with van der Waals surface area (Å²) in [5.41, 5.74) is 0.455. The number of benzene rings is 1. The van der Waals surface area contributed by atoms with Gasteiger partial charge in [0.05, 0.1) is 10.6 Å². The highest BCUT2D eigenvalue weighted by Gasteiger charge is 2.19. The van der Waals surface area contributed by atoms with E-state index in [-0.39, 0.29) is 15.5 Å². The van der Waals surface area contributed by atoms with Gasteiger partial charge in [-0.3, -0.25) is 0 Å². The summed E-state index contributed by atoms with van der Waals surface area (Å²) in [5.74, 6) is -1.89. The van der Waals surface area contributed by atoms with Crippen LogP contribution in [0.25, 0.3) is 0 Å². The normalized spacial score (nSPS) is 11.5. The summed E-state index contributed by atoms with van der Waals surface area (Å²) in [4.78, 5) is 11.6. The Morgan fingerprint density at radius 3 is 2.40 bits per heavy atom. The predicted molar refractivity (Wildman–Crippen MR) is 73.3 cm³/mol. The van der Waals surface area contributed by atoms with Crippen molar-refractivity contribution in [2.45, 2.75) is 17.6 Å². The molecule has 0 aliphatic heterocycles. The fraction of sp³-hybridized carbons (Fsp3) is 0.154. The molecule has 0 aliphatic carbocycles. The number of hydrogen-bond donors (Lipinski definition) is 1. The quantitative estimate of drug-likeness (QED) is 0.881. The minimum Gasteiger partial charge on any atom is -0.477 e. The number of hydrogen-bond acceptors (Lipinski definition) is 4. The SMILES string of the molecule is Cc1sc(C(=O)O)cc1CS(=O)(=O)c1ccc(F)cc1. The van der Waals surface area contributed by atoms with Gasteiger partial charge in [-0.05, 0) is 42.8 Å². The van der Waals surface area contributed by atoms with Gasteiger partial charge in [-0.25, -0.2) is 17.6 Å². The summed E-state index contributed by atoms with van der Waals surface area (Å²) in [5, 5.41) is 8.89. The molecule has 0 amide bonds. The van der Waals surface area contributed by atoms with Gasteiger partial charge in [-0.2, -0.15) is 0 Å². The van der Waals surface area contributed by atoms with Crippen LogP contribution in [0.4, 0.5) is 4.39 Å². The Labute approximate surface area is 119 Å². The highest BCUT2D eigenvalue weighted by atomic mass is 32.2. The number of carboxylic acids is 1. The van der Waals surface area contributed by atoms with Crippen LogP contribution in [0.1, 0.15) is 20.1 Å². The van der Waals surface area contributed by atoms with Crippen LogP contribution in [-0.4, -0.2) is 19.5 Å². The highest BCUT2D eigenvalue weighted by Crippen LogP contribution is 2.25. The fourth-order valence-corrected chi connectivity index (χ4v) is 4.10. The van der Waals surface area contributed by atoms with Crippen molar-refractivity contribution in [2.75, 3.05) is 0 Å². The van der Waals surface area contributed by atoms with E-state index in [9.17, 15) is 17.6 Å². The number of carbonyl (C=O) groups is 1. The average Bonchev–Trinajstić information content (AvgIpc) is 2.71. The van der Waals surface area contributed by atoms with Crippen molar-refractivity contribution in [1.29, 1.82) is 0 Å². The lowest BCUT2D eigenvalue weighted by molar-refractivity contribution is 0.0702. The van der Waals surface area contributed by atoms with Crippen molar-refractivity contribution in [3.8, 4) is 0 Å². The van der Waals surface area contributed by atoms with E-state index >= 15 is 0 Å². The second-order valence-electron chi connectivity index (χ2n) is 4.21. The molecule has 2 aromatic rings. The third kappa shape index (κ3) is 3.05. The predicted octanol–water partition coefficient (Wildman–Crippen LogP) is 2.87. The smallest absolute Gasteiger partial charge is 0.345 e. The Hall–Kier alpha value is -1.73. The third-order valence-corrected chi connectivity index (χ3v) is 5.51. The molecule has 1 N–H and O–H groups in total. The van der Waals surface area contributed by atoms with Crippen molar-refractivity contribution in [1.82, 2.24) is 0 Å². The van der Waals surface area contributed by atoms with E-state index in [2.05, 4.69) is 0 Å². The van der Waals surface area contributed by atoms with E-state index in [4.69, 9.17) is 5.11 Å². The summed E-state index contributed by atoms with van der Waals surface area (Å²) in [6.07, 6.45) is 0. The van der Waals surface area contributed by atoms with E-state index in [0.717, 1.165) is 23.5 Å². The molecule has 0 radical (unpaired) electrons. The zero-order chi connectivity index (χ0) is 14.9. The summed E-state index contributed by atoms with van der Waals surface area (Å²) >= 11 is 1.04. The molecule has 7 heteroatoms. The Balaban J connectivity index is 2.33. The number of halogens is 1. The molecule has 0 spiro atoms. The Bertz CT molecular complexity index is 745. The lowest BCUT2D eigenvalue weighted by Gasteiger charge is -2.04. The average molecular weight is 314 g/mol. The monoisotopic (exact) mass is 314 g/mol. The Kier molecular flexibility index (Phi) is 3.92. The molecule has 0 unspecified atom stereocenters. The first-order valence-electron chi connectivity index (χ1n) is 5.60. The summed E-state index contributed by atoms with van der Waals surface area (Å²) in [6.45, 7) is 1.67. The van der Waals surface area contributed by atoms with Crippen LogP contribution in [-0.2, 0) is 15.6 Å². The highest BCUT2D eigenvalue weighted by molar-refractivity contribution is 7.90. The zero-order valence-corrected chi connectivity index (χ0v) is 12.1. The van der Waals surface area contributed by atoms with Crippen LogP contribution in [0, 0.1) is 12.7 Å². The van der Waals surface area contributed by atoms with E-state index in [1.807, 2.05) is 0 Å². The molecule has 4 nitrogen and oxygen atoms in total. The first kappa shape index (κ1) is 14.7. The molecule has 0 saturated heterocycles. The van der Waals surface area contributed by atoms with Gasteiger partial charge in [0.2, 0.25) is 0 Å². The molecule has 0 bridgehead atoms. The maximum absolute atomic E-state index is 12.8. The Morgan fingerprint density at radius 1 is 1.30 bits per heavy atom. The first-order valence-corrected chi connectivity index (χ1v) is 8.07. The minimum atomic E-state index is -3.62. The lowest BCUT2D eigenvalue weighted by atomic mass is 10.3. The Morgan fingerprint density at radius 2 is 1.90 bits per heavy atom. The van der Waals surface area contributed by atoms with Gasteiger partial charge in [-0.1, -0.05) is 0 Å². The molecule has 1 aromatic heterocycles. The number of rotatable bonds is 4. The van der Waals surface area contributed by atoms with E-state index in [1.165, 1.54) is 18.2 Å². The molecule has 2 rings (SSSR count). The fourth-order valence-electron chi connectivity index (χ4n) is 1.70. The summed E-state index contributed by atoms with van der Waals surface area (Å²) < 4.78 is 37.2. The van der Waals surface area contributed by atoms with Gasteiger partial charge in [0.25, 0.3) is 0 Å². The van der Waals surface area contributed by atoms with Crippen molar-refractivity contribution < 1.29 is 22.7 Å². The maximum atomic E-state index is 12.8. The molecular formula is C13H11FO4S2. The minimum absolute atomic E-state index is 0.0152. The van der Waals surface area contributed by atoms with E-state index in [1.54, 1.807) is 6.92 Å². The molecule has 0 saturated carbocycles. The molecule has 0 fully saturated rings. The number of aromatic carboxylic acids is 1. The molecule has 0 atom stereocenters. The van der Waals surface area contributed by atoms with Crippen molar-refractivity contribution >= 4 is 27.1 Å². The molecule has 0 aliphatic rings. The van der Waals surface area contributed by atoms with E-state index < -0.39 is 21.6 Å². The molecule has 1 heterocycles.